The Labute approximate surface area is 368 Å². The maximum atomic E-state index is 14.1. The summed E-state index contributed by atoms with van der Waals surface area (Å²) >= 11 is 0. The van der Waals surface area contributed by atoms with Gasteiger partial charge in [0.25, 0.3) is 11.8 Å². The quantitative estimate of drug-likeness (QED) is 0.147. The first-order valence-electron chi connectivity index (χ1n) is 20.7. The molecule has 3 aromatic carbocycles. The van der Waals surface area contributed by atoms with Crippen molar-refractivity contribution >= 4 is 45.7 Å². The number of carbonyl (C=O) groups is 4. The van der Waals surface area contributed by atoms with Crippen LogP contribution in [0, 0.1) is 13.8 Å². The molecule has 18 nitrogen and oxygen atoms in total. The lowest BCUT2D eigenvalue weighted by Gasteiger charge is -2.15. The standard InChI is InChI=1S/C46H52N12O6/c1-10-57-37(17-28(5)51-57)43(61)49-45-53(7)35-20-31(41(47)59)15-16-34(35)55(45)23-26(3)27(4)24-56-40-36(54(8)46(56)50-44(62)38-18-29(6)52-58(38)11-2)21-32(42(48)60)22-39(40)64-25-30-13-12-14-33(19-30)63-9/h12-22H,10-11,23-25H2,1-9H3,(H2,47,59)(H2,48,60)/b27-26+,49-45?,50-46?. The first-order valence-corrected chi connectivity index (χ1v) is 20.7. The summed E-state index contributed by atoms with van der Waals surface area (Å²) in [7, 11) is 5.13. The molecule has 64 heavy (non-hydrogen) atoms. The average molecular weight is 869 g/mol. The minimum atomic E-state index is -0.659. The minimum absolute atomic E-state index is 0.121. The van der Waals surface area contributed by atoms with Gasteiger partial charge in [0.1, 0.15) is 35.0 Å². The number of nitrogens with zero attached hydrogens (tertiary/aromatic N) is 10. The molecule has 0 unspecified atom stereocenters. The zero-order valence-electron chi connectivity index (χ0n) is 37.5. The highest BCUT2D eigenvalue weighted by molar-refractivity contribution is 5.99. The Morgan fingerprint density at radius 3 is 1.78 bits per heavy atom. The van der Waals surface area contributed by atoms with E-state index in [2.05, 4.69) is 15.2 Å². The van der Waals surface area contributed by atoms with Crippen molar-refractivity contribution in [3.8, 4) is 11.5 Å². The largest absolute Gasteiger partial charge is 0.497 e. The molecule has 0 aliphatic rings. The zero-order chi connectivity index (χ0) is 46.1. The van der Waals surface area contributed by atoms with E-state index in [9.17, 15) is 19.2 Å². The number of methoxy groups -OCH3 is 1. The second kappa shape index (κ2) is 17.9. The number of aromatic nitrogens is 8. The summed E-state index contributed by atoms with van der Waals surface area (Å²) in [6.45, 7) is 12.9. The van der Waals surface area contributed by atoms with Gasteiger partial charge in [-0.05, 0) is 102 Å². The number of allylic oxidation sites excluding steroid dienone is 2. The maximum absolute atomic E-state index is 14.1. The summed E-state index contributed by atoms with van der Waals surface area (Å²) in [5.41, 5.74) is 19.8. The number of primary amides is 2. The van der Waals surface area contributed by atoms with Crippen molar-refractivity contribution in [2.45, 2.75) is 74.3 Å². The predicted molar refractivity (Wildman–Crippen MR) is 240 cm³/mol. The molecule has 4 heterocycles. The SMILES string of the molecule is CCn1nc(C)cc1C(=O)N=c1n(C)c2cc(C(N)=O)ccc2n1C/C(C)=C(\C)Cn1c(=NC(=O)c2cc(C)nn2CC)n(C)c2cc(C(N)=O)cc(OCc3cccc(OC)c3)c21. The highest BCUT2D eigenvalue weighted by atomic mass is 16.5. The number of imidazole rings is 2. The van der Waals surface area contributed by atoms with Crippen LogP contribution in [0.5, 0.6) is 11.5 Å². The first-order chi connectivity index (χ1) is 30.5. The van der Waals surface area contributed by atoms with Crippen LogP contribution in [0.4, 0.5) is 0 Å². The number of benzene rings is 3. The molecule has 0 aliphatic carbocycles. The number of hydrogen-bond acceptors (Lipinski definition) is 8. The van der Waals surface area contributed by atoms with Crippen LogP contribution in [0.25, 0.3) is 22.1 Å². The summed E-state index contributed by atoms with van der Waals surface area (Å²) < 4.78 is 22.5. The minimum Gasteiger partial charge on any atom is -0.497 e. The number of amides is 4. The topological polar surface area (TPSA) is 219 Å². The highest BCUT2D eigenvalue weighted by Crippen LogP contribution is 2.30. The third-order valence-corrected chi connectivity index (χ3v) is 11.3. The molecule has 4 aromatic heterocycles. The van der Waals surface area contributed by atoms with Gasteiger partial charge in [-0.2, -0.15) is 20.2 Å². The lowest BCUT2D eigenvalue weighted by atomic mass is 10.1. The Hall–Kier alpha value is -7.76. The zero-order valence-corrected chi connectivity index (χ0v) is 37.5. The molecular formula is C46H52N12O6. The van der Waals surface area contributed by atoms with E-state index in [0.717, 1.165) is 16.7 Å². The normalized spacial score (nSPS) is 12.6. The highest BCUT2D eigenvalue weighted by Gasteiger charge is 2.22. The Morgan fingerprint density at radius 2 is 1.22 bits per heavy atom. The fraction of sp³-hybridized carbons (Fsp3) is 0.304. The van der Waals surface area contributed by atoms with Crippen LogP contribution in [-0.2, 0) is 46.9 Å². The lowest BCUT2D eigenvalue weighted by molar-refractivity contribution is 0.0977. The van der Waals surface area contributed by atoms with Gasteiger partial charge in [0.05, 0.1) is 35.0 Å². The number of aryl methyl sites for hydroxylation is 6. The van der Waals surface area contributed by atoms with Crippen molar-refractivity contribution in [1.82, 2.24) is 37.8 Å². The van der Waals surface area contributed by atoms with Gasteiger partial charge >= 0.3 is 0 Å². The molecule has 18 heteroatoms. The van der Waals surface area contributed by atoms with Gasteiger partial charge in [-0.3, -0.25) is 28.5 Å². The fourth-order valence-corrected chi connectivity index (χ4v) is 7.79. The molecule has 0 fully saturated rings. The molecular weight excluding hydrogens is 817 g/mol. The number of carbonyl (C=O) groups excluding carboxylic acids is 4. The molecule has 4 N–H and O–H groups in total. The Morgan fingerprint density at radius 1 is 0.672 bits per heavy atom. The van der Waals surface area contributed by atoms with Crippen molar-refractivity contribution in [2.24, 2.45) is 35.5 Å². The van der Waals surface area contributed by atoms with Gasteiger partial charge in [-0.25, -0.2) is 0 Å². The predicted octanol–water partition coefficient (Wildman–Crippen LogP) is 4.63. The van der Waals surface area contributed by atoms with Crippen molar-refractivity contribution in [1.29, 1.82) is 0 Å². The number of fused-ring (bicyclic) bond motifs is 2. The van der Waals surface area contributed by atoms with Crippen LogP contribution < -0.4 is 32.2 Å². The lowest BCUT2D eigenvalue weighted by Crippen LogP contribution is -2.28. The van der Waals surface area contributed by atoms with Crippen LogP contribution in [0.15, 0.2) is 87.9 Å². The van der Waals surface area contributed by atoms with Crippen LogP contribution in [0.2, 0.25) is 0 Å². The third-order valence-electron chi connectivity index (χ3n) is 11.3. The third kappa shape index (κ3) is 8.53. The van der Waals surface area contributed by atoms with E-state index in [1.54, 1.807) is 82.2 Å². The number of ether oxygens (including phenoxy) is 2. The summed E-state index contributed by atoms with van der Waals surface area (Å²) in [6, 6.07) is 19.2. The van der Waals surface area contributed by atoms with E-state index in [-0.39, 0.29) is 30.9 Å². The van der Waals surface area contributed by atoms with Crippen molar-refractivity contribution in [3.63, 3.8) is 0 Å². The van der Waals surface area contributed by atoms with Crippen molar-refractivity contribution in [3.05, 3.63) is 129 Å². The molecule has 0 bridgehead atoms. The number of hydrogen-bond donors (Lipinski definition) is 2. The molecule has 0 atom stereocenters. The van der Waals surface area contributed by atoms with Crippen LogP contribution >= 0.6 is 0 Å². The molecule has 7 rings (SSSR count). The van der Waals surface area contributed by atoms with Gasteiger partial charge < -0.3 is 39.2 Å². The number of nitrogens with two attached hydrogens (primary N) is 2. The van der Waals surface area contributed by atoms with Gasteiger partial charge in [0.2, 0.25) is 23.1 Å². The van der Waals surface area contributed by atoms with E-state index in [0.29, 0.717) is 80.6 Å². The number of rotatable bonds is 14. The molecule has 0 aliphatic heterocycles. The summed E-state index contributed by atoms with van der Waals surface area (Å²) in [6.07, 6.45) is 0. The second-order valence-corrected chi connectivity index (χ2v) is 15.7. The molecule has 0 spiro atoms. The van der Waals surface area contributed by atoms with Crippen molar-refractivity contribution in [2.75, 3.05) is 7.11 Å². The maximum Gasteiger partial charge on any atom is 0.298 e. The molecule has 0 radical (unpaired) electrons. The Balaban J connectivity index is 1.41. The van der Waals surface area contributed by atoms with E-state index >= 15 is 0 Å². The van der Waals surface area contributed by atoms with Crippen LogP contribution in [-0.4, -0.2) is 68.6 Å². The Kier molecular flexibility index (Phi) is 12.4. The van der Waals surface area contributed by atoms with E-state index < -0.39 is 23.6 Å². The molecule has 332 valence electrons. The van der Waals surface area contributed by atoms with E-state index in [4.69, 9.17) is 25.9 Å². The summed E-state index contributed by atoms with van der Waals surface area (Å²) in [5, 5.41) is 8.90. The summed E-state index contributed by atoms with van der Waals surface area (Å²) in [4.78, 5) is 62.3. The summed E-state index contributed by atoms with van der Waals surface area (Å²) in [5.74, 6) is -1.23. The average Bonchev–Trinajstić information content (AvgIpc) is 4.00. The van der Waals surface area contributed by atoms with Gasteiger partial charge in [-0.1, -0.05) is 23.3 Å². The molecule has 0 saturated carbocycles. The second-order valence-electron chi connectivity index (χ2n) is 15.7. The van der Waals surface area contributed by atoms with Gasteiger partial charge in [-0.15, -0.1) is 0 Å². The molecule has 0 saturated heterocycles. The smallest absolute Gasteiger partial charge is 0.298 e. The van der Waals surface area contributed by atoms with Gasteiger partial charge in [0.15, 0.2) is 0 Å². The van der Waals surface area contributed by atoms with Gasteiger partial charge in [0, 0.05) is 51.4 Å². The fourth-order valence-electron chi connectivity index (χ4n) is 7.79. The van der Waals surface area contributed by atoms with E-state index in [1.807, 2.05) is 74.9 Å². The van der Waals surface area contributed by atoms with E-state index in [1.165, 1.54) is 0 Å². The first kappa shape index (κ1) is 44.3. The van der Waals surface area contributed by atoms with Crippen LogP contribution in [0.3, 0.4) is 0 Å². The molecule has 7 aromatic rings. The monoisotopic (exact) mass is 868 g/mol. The van der Waals surface area contributed by atoms with Crippen LogP contribution in [0.1, 0.15) is 86.3 Å². The van der Waals surface area contributed by atoms with Crippen molar-refractivity contribution < 1.29 is 28.7 Å². The molecule has 4 amide bonds. The Bertz CT molecular complexity index is 3200.